The monoisotopic (exact) mass is 180 g/mol. The van der Waals surface area contributed by atoms with Crippen molar-refractivity contribution in [2.45, 2.75) is 19.0 Å². The van der Waals surface area contributed by atoms with Crippen molar-refractivity contribution in [3.8, 4) is 0 Å². The molecule has 0 radical (unpaired) electrons. The second kappa shape index (κ2) is 2.56. The molecule has 0 saturated carbocycles. The Morgan fingerprint density at radius 3 is 2.77 bits per heavy atom. The van der Waals surface area contributed by atoms with Crippen LogP contribution in [0.4, 0.5) is 5.69 Å². The molecule has 1 saturated heterocycles. The highest BCUT2D eigenvalue weighted by molar-refractivity contribution is 6.04. The van der Waals surface area contributed by atoms with Crippen LogP contribution in [0.15, 0.2) is 12.4 Å². The zero-order valence-electron chi connectivity index (χ0n) is 7.64. The fourth-order valence-corrected chi connectivity index (χ4v) is 1.54. The fourth-order valence-electron chi connectivity index (χ4n) is 1.54. The summed E-state index contributed by atoms with van der Waals surface area (Å²) in [6.07, 6.45) is 3.47. The lowest BCUT2D eigenvalue weighted by atomic mass is 9.97. The van der Waals surface area contributed by atoms with E-state index in [1.54, 1.807) is 22.0 Å². The third-order valence-corrected chi connectivity index (χ3v) is 2.42. The Kier molecular flexibility index (Phi) is 1.63. The second-order valence-electron chi connectivity index (χ2n) is 3.35. The zero-order valence-corrected chi connectivity index (χ0v) is 7.64. The normalized spacial score (nSPS) is 27.6. The van der Waals surface area contributed by atoms with Crippen molar-refractivity contribution < 1.29 is 4.79 Å². The van der Waals surface area contributed by atoms with E-state index in [1.807, 2.05) is 14.0 Å². The van der Waals surface area contributed by atoms with Gasteiger partial charge in [-0.05, 0) is 6.92 Å². The summed E-state index contributed by atoms with van der Waals surface area (Å²) in [5.41, 5.74) is 6.40. The number of aromatic nitrogens is 2. The van der Waals surface area contributed by atoms with Gasteiger partial charge in [0, 0.05) is 13.2 Å². The van der Waals surface area contributed by atoms with Crippen LogP contribution in [0.1, 0.15) is 6.92 Å². The Labute approximate surface area is 76.1 Å². The first kappa shape index (κ1) is 8.25. The Balaban J connectivity index is 2.24. The van der Waals surface area contributed by atoms with Gasteiger partial charge in [-0.3, -0.25) is 9.48 Å². The van der Waals surface area contributed by atoms with Gasteiger partial charge in [0.1, 0.15) is 6.04 Å². The fraction of sp³-hybridized carbons (Fsp3) is 0.500. The second-order valence-corrected chi connectivity index (χ2v) is 3.35. The van der Waals surface area contributed by atoms with Crippen LogP contribution in [0.25, 0.3) is 0 Å². The highest BCUT2D eigenvalue weighted by atomic mass is 16.2. The Hall–Kier alpha value is -1.36. The molecule has 2 heterocycles. The molecular formula is C8H12N4O. The molecule has 0 bridgehead atoms. The van der Waals surface area contributed by atoms with Crippen molar-refractivity contribution in [2.24, 2.45) is 12.8 Å². The van der Waals surface area contributed by atoms with Gasteiger partial charge in [0.2, 0.25) is 5.91 Å². The number of hydrogen-bond acceptors (Lipinski definition) is 3. The average Bonchev–Trinajstić information content (AvgIpc) is 2.51. The molecule has 0 unspecified atom stereocenters. The van der Waals surface area contributed by atoms with Crippen molar-refractivity contribution in [3.63, 3.8) is 0 Å². The molecule has 2 rings (SSSR count). The minimum Gasteiger partial charge on any atom is -0.318 e. The summed E-state index contributed by atoms with van der Waals surface area (Å²) >= 11 is 0. The summed E-state index contributed by atoms with van der Waals surface area (Å²) in [6.45, 7) is 1.93. The predicted octanol–water partition coefficient (Wildman–Crippen LogP) is -0.518. The van der Waals surface area contributed by atoms with Crippen molar-refractivity contribution >= 4 is 11.6 Å². The van der Waals surface area contributed by atoms with Gasteiger partial charge in [-0.15, -0.1) is 0 Å². The number of anilines is 1. The van der Waals surface area contributed by atoms with E-state index in [-0.39, 0.29) is 18.0 Å². The molecule has 70 valence electrons. The molecule has 0 spiro atoms. The summed E-state index contributed by atoms with van der Waals surface area (Å²) in [4.78, 5) is 13.0. The molecule has 0 aliphatic carbocycles. The summed E-state index contributed by atoms with van der Waals surface area (Å²) in [7, 11) is 1.82. The first-order chi connectivity index (χ1) is 6.11. The van der Waals surface area contributed by atoms with Crippen molar-refractivity contribution in [1.29, 1.82) is 0 Å². The summed E-state index contributed by atoms with van der Waals surface area (Å²) < 4.78 is 1.67. The molecular weight excluding hydrogens is 168 g/mol. The lowest BCUT2D eigenvalue weighted by Crippen LogP contribution is -2.67. The summed E-state index contributed by atoms with van der Waals surface area (Å²) in [5.74, 6) is -0.0273. The standard InChI is InChI=1S/C8H12N4O/c1-5-7(9)8(13)12(5)6-3-10-11(2)4-6/h3-5,7H,9H2,1-2H3/t5-,7+/m0/s1. The van der Waals surface area contributed by atoms with Crippen LogP contribution in [0.5, 0.6) is 0 Å². The summed E-state index contributed by atoms with van der Waals surface area (Å²) in [6, 6.07) is -0.267. The highest BCUT2D eigenvalue weighted by Gasteiger charge is 2.42. The van der Waals surface area contributed by atoms with E-state index in [2.05, 4.69) is 5.10 Å². The Bertz CT molecular complexity index is 346. The van der Waals surface area contributed by atoms with Gasteiger partial charge < -0.3 is 10.6 Å². The van der Waals surface area contributed by atoms with Gasteiger partial charge in [-0.1, -0.05) is 0 Å². The molecule has 1 amide bonds. The number of carbonyl (C=O) groups is 1. The molecule has 1 fully saturated rings. The molecule has 1 aromatic rings. The molecule has 1 aromatic heterocycles. The van der Waals surface area contributed by atoms with E-state index in [0.717, 1.165) is 5.69 Å². The Morgan fingerprint density at radius 2 is 2.31 bits per heavy atom. The van der Waals surface area contributed by atoms with Crippen LogP contribution < -0.4 is 10.6 Å². The molecule has 5 nitrogen and oxygen atoms in total. The van der Waals surface area contributed by atoms with Gasteiger partial charge in [0.15, 0.2) is 0 Å². The van der Waals surface area contributed by atoms with E-state index in [9.17, 15) is 4.79 Å². The van der Waals surface area contributed by atoms with Crippen molar-refractivity contribution in [1.82, 2.24) is 9.78 Å². The maximum atomic E-state index is 11.3. The van der Waals surface area contributed by atoms with Gasteiger partial charge in [0.05, 0.1) is 17.9 Å². The minimum atomic E-state index is -0.347. The SMILES string of the molecule is C[C@H]1[C@@H](N)C(=O)N1c1cnn(C)c1. The van der Waals surface area contributed by atoms with Crippen molar-refractivity contribution in [2.75, 3.05) is 4.90 Å². The van der Waals surface area contributed by atoms with Gasteiger partial charge >= 0.3 is 0 Å². The van der Waals surface area contributed by atoms with Crippen LogP contribution in [-0.2, 0) is 11.8 Å². The van der Waals surface area contributed by atoms with Gasteiger partial charge in [0.25, 0.3) is 0 Å². The number of carbonyl (C=O) groups excluding carboxylic acids is 1. The first-order valence-electron chi connectivity index (χ1n) is 4.18. The van der Waals surface area contributed by atoms with Crippen LogP contribution >= 0.6 is 0 Å². The number of nitrogens with two attached hydrogens (primary N) is 1. The summed E-state index contributed by atoms with van der Waals surface area (Å²) in [5, 5.41) is 4.00. The smallest absolute Gasteiger partial charge is 0.246 e. The first-order valence-corrected chi connectivity index (χ1v) is 4.18. The third kappa shape index (κ3) is 1.04. The molecule has 1 aliphatic rings. The minimum absolute atomic E-state index is 0.0273. The van der Waals surface area contributed by atoms with Crippen LogP contribution in [0, 0.1) is 0 Å². The lowest BCUT2D eigenvalue weighted by molar-refractivity contribution is -0.125. The quantitative estimate of drug-likeness (QED) is 0.591. The number of rotatable bonds is 1. The largest absolute Gasteiger partial charge is 0.318 e. The maximum Gasteiger partial charge on any atom is 0.246 e. The third-order valence-electron chi connectivity index (χ3n) is 2.42. The molecule has 13 heavy (non-hydrogen) atoms. The highest BCUT2D eigenvalue weighted by Crippen LogP contribution is 2.25. The molecule has 1 aliphatic heterocycles. The van der Waals surface area contributed by atoms with Gasteiger partial charge in [-0.2, -0.15) is 5.10 Å². The predicted molar refractivity (Wildman–Crippen MR) is 48.1 cm³/mol. The van der Waals surface area contributed by atoms with E-state index < -0.39 is 0 Å². The van der Waals surface area contributed by atoms with E-state index in [1.165, 1.54) is 0 Å². The zero-order chi connectivity index (χ0) is 9.59. The van der Waals surface area contributed by atoms with Gasteiger partial charge in [-0.25, -0.2) is 0 Å². The van der Waals surface area contributed by atoms with E-state index in [0.29, 0.717) is 0 Å². The molecule has 2 atom stereocenters. The van der Waals surface area contributed by atoms with E-state index in [4.69, 9.17) is 5.73 Å². The number of hydrogen-bond donors (Lipinski definition) is 1. The van der Waals surface area contributed by atoms with Crippen LogP contribution in [0.2, 0.25) is 0 Å². The number of β-lactam (4-membered cyclic amide) rings is 1. The molecule has 0 aromatic carbocycles. The maximum absolute atomic E-state index is 11.3. The molecule has 5 heteroatoms. The Morgan fingerprint density at radius 1 is 1.62 bits per heavy atom. The average molecular weight is 180 g/mol. The topological polar surface area (TPSA) is 64.2 Å². The number of aryl methyl sites for hydroxylation is 1. The van der Waals surface area contributed by atoms with E-state index >= 15 is 0 Å². The lowest BCUT2D eigenvalue weighted by Gasteiger charge is -2.42. The molecule has 2 N–H and O–H groups in total. The van der Waals surface area contributed by atoms with Crippen LogP contribution in [-0.4, -0.2) is 27.8 Å². The van der Waals surface area contributed by atoms with Crippen LogP contribution in [0.3, 0.4) is 0 Å². The number of nitrogens with zero attached hydrogens (tertiary/aromatic N) is 3. The number of amides is 1. The van der Waals surface area contributed by atoms with Crippen molar-refractivity contribution in [3.05, 3.63) is 12.4 Å².